The van der Waals surface area contributed by atoms with Crippen LogP contribution < -0.4 is 15.5 Å². The molecule has 26 heavy (non-hydrogen) atoms. The van der Waals surface area contributed by atoms with Gasteiger partial charge in [0.05, 0.1) is 0 Å². The summed E-state index contributed by atoms with van der Waals surface area (Å²) >= 11 is 0. The Morgan fingerprint density at radius 1 is 1.15 bits per heavy atom. The van der Waals surface area contributed by atoms with Crippen molar-refractivity contribution >= 4 is 11.7 Å². The molecule has 146 valence electrons. The lowest BCUT2D eigenvalue weighted by Gasteiger charge is -2.34. The van der Waals surface area contributed by atoms with Crippen LogP contribution in [-0.4, -0.2) is 55.0 Å². The summed E-state index contributed by atoms with van der Waals surface area (Å²) in [7, 11) is 0. The van der Waals surface area contributed by atoms with Gasteiger partial charge in [0.25, 0.3) is 0 Å². The van der Waals surface area contributed by atoms with E-state index in [1.54, 1.807) is 0 Å². The number of rotatable bonds is 6. The first-order valence-electron chi connectivity index (χ1n) is 8.62. The molecule has 1 aliphatic rings. The predicted molar refractivity (Wildman–Crippen MR) is 92.7 cm³/mol. The van der Waals surface area contributed by atoms with Gasteiger partial charge in [0.15, 0.2) is 0 Å². The van der Waals surface area contributed by atoms with Crippen LogP contribution in [0.15, 0.2) is 24.3 Å². The van der Waals surface area contributed by atoms with Crippen molar-refractivity contribution in [1.82, 2.24) is 15.3 Å². The van der Waals surface area contributed by atoms with Gasteiger partial charge in [0, 0.05) is 31.9 Å². The van der Waals surface area contributed by atoms with E-state index in [2.05, 4.69) is 34.2 Å². The molecule has 6 nitrogen and oxygen atoms in total. The molecule has 2 rings (SSSR count). The average molecular weight is 374 g/mol. The zero-order valence-corrected chi connectivity index (χ0v) is 15.0. The molecule has 9 heteroatoms. The van der Waals surface area contributed by atoms with Crippen LogP contribution in [0.5, 0.6) is 5.75 Å². The molecule has 1 fully saturated rings. The molecular formula is C17H25F3N4O2. The number of carbonyl (C=O) groups excluding carboxylic acids is 1. The number of alkyl halides is 3. The molecule has 2 amide bonds. The molecule has 1 saturated heterocycles. The van der Waals surface area contributed by atoms with Crippen molar-refractivity contribution in [3.8, 4) is 5.75 Å². The van der Waals surface area contributed by atoms with E-state index >= 15 is 0 Å². The number of hydrogen-bond donors (Lipinski definition) is 2. The maximum atomic E-state index is 12.1. The van der Waals surface area contributed by atoms with E-state index in [-0.39, 0.29) is 5.75 Å². The van der Waals surface area contributed by atoms with Crippen LogP contribution in [0.3, 0.4) is 0 Å². The molecule has 0 bridgehead atoms. The highest BCUT2D eigenvalue weighted by atomic mass is 19.4. The van der Waals surface area contributed by atoms with Crippen molar-refractivity contribution in [3.63, 3.8) is 0 Å². The first-order valence-corrected chi connectivity index (χ1v) is 8.62. The zero-order chi connectivity index (χ0) is 19.2. The third-order valence-electron chi connectivity index (χ3n) is 4.00. The fourth-order valence-corrected chi connectivity index (χ4v) is 2.57. The summed E-state index contributed by atoms with van der Waals surface area (Å²) in [6.45, 7) is 8.68. The van der Waals surface area contributed by atoms with Crippen molar-refractivity contribution in [2.75, 3.05) is 38.0 Å². The van der Waals surface area contributed by atoms with Crippen LogP contribution in [-0.2, 0) is 0 Å². The number of halogens is 3. The number of piperazine rings is 1. The van der Waals surface area contributed by atoms with E-state index in [9.17, 15) is 18.0 Å². The minimum atomic E-state index is -4.73. The van der Waals surface area contributed by atoms with Gasteiger partial charge in [-0.1, -0.05) is 13.8 Å². The monoisotopic (exact) mass is 374 g/mol. The van der Waals surface area contributed by atoms with E-state index in [0.29, 0.717) is 11.6 Å². The Labute approximate surface area is 151 Å². The third kappa shape index (κ3) is 7.49. The minimum absolute atomic E-state index is 0.332. The Morgan fingerprint density at radius 3 is 2.31 bits per heavy atom. The normalized spacial score (nSPS) is 16.5. The molecule has 0 spiro atoms. The van der Waals surface area contributed by atoms with E-state index in [0.717, 1.165) is 51.3 Å². The van der Waals surface area contributed by atoms with Gasteiger partial charge in [-0.15, -0.1) is 13.2 Å². The Balaban J connectivity index is 1.72. The second-order valence-corrected chi connectivity index (χ2v) is 6.65. The van der Waals surface area contributed by atoms with Crippen LogP contribution in [0.4, 0.5) is 23.7 Å². The second kappa shape index (κ2) is 9.09. The van der Waals surface area contributed by atoms with Gasteiger partial charge >= 0.3 is 12.4 Å². The topological polar surface area (TPSA) is 56.8 Å². The summed E-state index contributed by atoms with van der Waals surface area (Å²) in [6, 6.07) is 4.58. The molecule has 1 heterocycles. The van der Waals surface area contributed by atoms with Crippen LogP contribution in [0.2, 0.25) is 0 Å². The van der Waals surface area contributed by atoms with E-state index in [4.69, 9.17) is 0 Å². The van der Waals surface area contributed by atoms with Crippen molar-refractivity contribution in [2.24, 2.45) is 5.92 Å². The summed E-state index contributed by atoms with van der Waals surface area (Å²) in [5.74, 6) is 0.339. The largest absolute Gasteiger partial charge is 0.573 e. The lowest BCUT2D eigenvalue weighted by Crippen LogP contribution is -2.54. The predicted octanol–water partition coefficient (Wildman–Crippen LogP) is 3.29. The number of nitrogens with one attached hydrogen (secondary N) is 2. The fourth-order valence-electron chi connectivity index (χ4n) is 2.57. The lowest BCUT2D eigenvalue weighted by molar-refractivity contribution is -0.274. The van der Waals surface area contributed by atoms with Gasteiger partial charge in [-0.25, -0.2) is 9.80 Å². The smallest absolute Gasteiger partial charge is 0.406 e. The summed E-state index contributed by atoms with van der Waals surface area (Å²) in [4.78, 5) is 14.4. The lowest BCUT2D eigenvalue weighted by atomic mass is 10.1. The molecule has 0 atom stereocenters. The number of carbonyl (C=O) groups is 1. The fraction of sp³-hybridized carbons (Fsp3) is 0.588. The number of nitrogens with zero attached hydrogens (tertiary/aromatic N) is 2. The zero-order valence-electron chi connectivity index (χ0n) is 15.0. The number of hydrazine groups is 1. The molecule has 0 saturated carbocycles. The molecule has 1 aromatic rings. The summed E-state index contributed by atoms with van der Waals surface area (Å²) in [5.41, 5.74) is 3.13. The summed E-state index contributed by atoms with van der Waals surface area (Å²) in [5, 5.41) is 4.42. The Bertz CT molecular complexity index is 570. The van der Waals surface area contributed by atoms with Gasteiger partial charge in [-0.3, -0.25) is 5.43 Å². The molecule has 0 aliphatic carbocycles. The Kier molecular flexibility index (Phi) is 7.10. The first kappa shape index (κ1) is 20.3. The average Bonchev–Trinajstić information content (AvgIpc) is 2.54. The van der Waals surface area contributed by atoms with Crippen molar-refractivity contribution in [3.05, 3.63) is 24.3 Å². The third-order valence-corrected chi connectivity index (χ3v) is 4.00. The Morgan fingerprint density at radius 2 is 1.77 bits per heavy atom. The number of urea groups is 1. The number of ether oxygens (including phenoxy) is 1. The van der Waals surface area contributed by atoms with Crippen LogP contribution in [0.1, 0.15) is 20.3 Å². The van der Waals surface area contributed by atoms with Gasteiger partial charge in [-0.05, 0) is 43.1 Å². The molecule has 1 aliphatic heterocycles. The number of hydrogen-bond acceptors (Lipinski definition) is 4. The molecule has 2 N–H and O–H groups in total. The van der Waals surface area contributed by atoms with Crippen LogP contribution >= 0.6 is 0 Å². The van der Waals surface area contributed by atoms with Gasteiger partial charge in [0.2, 0.25) is 0 Å². The quantitative estimate of drug-likeness (QED) is 0.802. The van der Waals surface area contributed by atoms with Gasteiger partial charge < -0.3 is 15.0 Å². The number of benzene rings is 1. The van der Waals surface area contributed by atoms with Crippen molar-refractivity contribution in [2.45, 2.75) is 26.6 Å². The van der Waals surface area contributed by atoms with Gasteiger partial charge in [0.1, 0.15) is 5.75 Å². The molecule has 0 unspecified atom stereocenters. The molecule has 0 radical (unpaired) electrons. The highest BCUT2D eigenvalue weighted by Crippen LogP contribution is 2.23. The van der Waals surface area contributed by atoms with Crippen molar-refractivity contribution < 1.29 is 22.7 Å². The van der Waals surface area contributed by atoms with Crippen LogP contribution in [0.25, 0.3) is 0 Å². The number of anilines is 1. The number of amides is 2. The second-order valence-electron chi connectivity index (χ2n) is 6.65. The summed E-state index contributed by atoms with van der Waals surface area (Å²) in [6.07, 6.45) is -3.58. The standard InChI is InChI=1S/C17H25F3N4O2/c1-13(2)7-8-23-9-11-24(12-10-23)22-16(25)21-14-3-5-15(6-4-14)26-17(18,19)20/h3-6,13H,7-12H2,1-2H3,(H2,21,22,25). The van der Waals surface area contributed by atoms with E-state index in [1.807, 2.05) is 5.01 Å². The molecular weight excluding hydrogens is 349 g/mol. The Hall–Kier alpha value is -2.00. The van der Waals surface area contributed by atoms with Gasteiger partial charge in [-0.2, -0.15) is 0 Å². The summed E-state index contributed by atoms with van der Waals surface area (Å²) < 4.78 is 40.1. The van der Waals surface area contributed by atoms with Crippen LogP contribution in [0, 0.1) is 5.92 Å². The molecule has 0 aromatic heterocycles. The van der Waals surface area contributed by atoms with E-state index in [1.165, 1.54) is 12.1 Å². The minimum Gasteiger partial charge on any atom is -0.406 e. The van der Waals surface area contributed by atoms with E-state index < -0.39 is 12.4 Å². The highest BCUT2D eigenvalue weighted by molar-refractivity contribution is 5.88. The van der Waals surface area contributed by atoms with Crippen molar-refractivity contribution in [1.29, 1.82) is 0 Å². The first-order chi connectivity index (χ1) is 12.2. The molecule has 1 aromatic carbocycles. The SMILES string of the molecule is CC(C)CCN1CCN(NC(=O)Nc2ccc(OC(F)(F)F)cc2)CC1. The maximum absolute atomic E-state index is 12.1. The maximum Gasteiger partial charge on any atom is 0.573 e. The highest BCUT2D eigenvalue weighted by Gasteiger charge is 2.31.